The number of ether oxygens (including phenoxy) is 2. The van der Waals surface area contributed by atoms with Crippen LogP contribution in [0.5, 0.6) is 5.75 Å². The fourth-order valence-electron chi connectivity index (χ4n) is 6.02. The van der Waals surface area contributed by atoms with Crippen molar-refractivity contribution in [3.8, 4) is 5.75 Å². The molecule has 0 aromatic heterocycles. The number of aliphatic imine (C=N–C) groups is 1. The van der Waals surface area contributed by atoms with Crippen LogP contribution in [0.15, 0.2) is 59.6 Å². The molecular formula is C34H37Cl2F2N3O4. The number of hydrogen-bond donors (Lipinski definition) is 2. The van der Waals surface area contributed by atoms with Gasteiger partial charge in [-0.2, -0.15) is 0 Å². The van der Waals surface area contributed by atoms with E-state index in [1.807, 2.05) is 27.7 Å². The van der Waals surface area contributed by atoms with E-state index < -0.39 is 47.1 Å². The summed E-state index contributed by atoms with van der Waals surface area (Å²) in [6.07, 6.45) is 1.07. The van der Waals surface area contributed by atoms with E-state index in [0.29, 0.717) is 12.8 Å². The minimum Gasteiger partial charge on any atom is -0.495 e. The molecule has 1 aliphatic rings. The molecule has 0 bridgehead atoms. The number of amides is 1. The second-order valence-corrected chi connectivity index (χ2v) is 13.1. The molecule has 4 rings (SSSR count). The molecule has 1 amide bonds. The van der Waals surface area contributed by atoms with Gasteiger partial charge in [0, 0.05) is 22.5 Å². The molecule has 0 aliphatic carbocycles. The summed E-state index contributed by atoms with van der Waals surface area (Å²) in [4.78, 5) is 31.2. The topological polar surface area (TPSA) is 89.0 Å². The van der Waals surface area contributed by atoms with Crippen LogP contribution in [-0.2, 0) is 15.1 Å². The molecule has 240 valence electrons. The molecule has 0 radical (unpaired) electrons. The molecular weight excluding hydrogens is 623 g/mol. The van der Waals surface area contributed by atoms with Crippen molar-refractivity contribution in [1.29, 1.82) is 0 Å². The molecule has 45 heavy (non-hydrogen) atoms. The lowest BCUT2D eigenvalue weighted by atomic mass is 9.68. The SMILES string of the molecule is C=NC1(c2ccc(Cl)cc2F)C(CC(C)(C)C)NC(C(=O)Nc2ccc(C(=O)OCCC)cc2OC)C1c1cccc(Cl)c1F. The summed E-state index contributed by atoms with van der Waals surface area (Å²) in [6.45, 7) is 12.0. The molecule has 0 spiro atoms. The van der Waals surface area contributed by atoms with Gasteiger partial charge in [-0.3, -0.25) is 15.1 Å². The quantitative estimate of drug-likeness (QED) is 0.170. The van der Waals surface area contributed by atoms with E-state index in [2.05, 4.69) is 22.3 Å². The number of halogens is 4. The predicted molar refractivity (Wildman–Crippen MR) is 174 cm³/mol. The highest BCUT2D eigenvalue weighted by atomic mass is 35.5. The summed E-state index contributed by atoms with van der Waals surface area (Å²) in [7, 11) is 1.40. The minimum absolute atomic E-state index is 0.0642. The molecule has 1 aliphatic heterocycles. The average molecular weight is 661 g/mol. The molecule has 1 fully saturated rings. The van der Waals surface area contributed by atoms with Gasteiger partial charge < -0.3 is 14.8 Å². The van der Waals surface area contributed by atoms with Gasteiger partial charge in [0.1, 0.15) is 22.9 Å². The van der Waals surface area contributed by atoms with Crippen molar-refractivity contribution < 1.29 is 27.8 Å². The first kappa shape index (κ1) is 34.3. The summed E-state index contributed by atoms with van der Waals surface area (Å²) in [6, 6.07) is 11.3. The van der Waals surface area contributed by atoms with Crippen molar-refractivity contribution in [3.63, 3.8) is 0 Å². The van der Waals surface area contributed by atoms with Crippen LogP contribution >= 0.6 is 23.2 Å². The zero-order chi connectivity index (χ0) is 33.1. The van der Waals surface area contributed by atoms with Crippen molar-refractivity contribution in [1.82, 2.24) is 5.32 Å². The fourth-order valence-corrected chi connectivity index (χ4v) is 6.36. The van der Waals surface area contributed by atoms with Crippen LogP contribution < -0.4 is 15.4 Å². The first-order valence-electron chi connectivity index (χ1n) is 14.6. The van der Waals surface area contributed by atoms with Gasteiger partial charge in [0.15, 0.2) is 0 Å². The predicted octanol–water partition coefficient (Wildman–Crippen LogP) is 7.94. The lowest BCUT2D eigenvalue weighted by Crippen LogP contribution is -2.44. The smallest absolute Gasteiger partial charge is 0.338 e. The number of hydrogen-bond acceptors (Lipinski definition) is 6. The van der Waals surface area contributed by atoms with Gasteiger partial charge in [-0.25, -0.2) is 13.6 Å². The Bertz CT molecular complexity index is 1600. The second-order valence-electron chi connectivity index (χ2n) is 12.2. The third kappa shape index (κ3) is 7.00. The fraction of sp³-hybridized carbons (Fsp3) is 0.382. The maximum Gasteiger partial charge on any atom is 0.338 e. The average Bonchev–Trinajstić information content (AvgIpc) is 3.30. The highest BCUT2D eigenvalue weighted by Crippen LogP contribution is 2.54. The van der Waals surface area contributed by atoms with Gasteiger partial charge >= 0.3 is 5.97 Å². The number of methoxy groups -OCH3 is 1. The van der Waals surface area contributed by atoms with Crippen molar-refractivity contribution in [2.45, 2.75) is 64.1 Å². The van der Waals surface area contributed by atoms with E-state index in [9.17, 15) is 9.59 Å². The normalized spacial score (nSPS) is 21.3. The van der Waals surface area contributed by atoms with Crippen molar-refractivity contribution in [3.05, 3.63) is 93.0 Å². The molecule has 4 atom stereocenters. The van der Waals surface area contributed by atoms with Crippen LogP contribution in [-0.4, -0.2) is 44.4 Å². The molecule has 3 aromatic carbocycles. The van der Waals surface area contributed by atoms with E-state index >= 15 is 8.78 Å². The van der Waals surface area contributed by atoms with Crippen LogP contribution in [0, 0.1) is 17.0 Å². The number of benzene rings is 3. The molecule has 3 aromatic rings. The first-order valence-corrected chi connectivity index (χ1v) is 15.3. The van der Waals surface area contributed by atoms with Gasteiger partial charge in [-0.1, -0.05) is 69.1 Å². The molecule has 2 N–H and O–H groups in total. The Morgan fingerprint density at radius 3 is 2.47 bits per heavy atom. The third-order valence-electron chi connectivity index (χ3n) is 7.89. The van der Waals surface area contributed by atoms with Gasteiger partial charge in [0.25, 0.3) is 0 Å². The standard InChI is InChI=1S/C34H37Cl2F2N3O4/c1-7-15-45-32(43)19-11-14-25(26(16-19)44-6)40-31(42)30-28(21-9-8-10-23(36)29(21)38)34(39-5,27(41-30)18-33(2,3)4)22-13-12-20(35)17-24(22)37/h8-14,16-17,27-28,30,41H,5,7,15,18H2,1-4,6H3,(H,40,42). The number of nitrogens with one attached hydrogen (secondary N) is 2. The number of anilines is 1. The number of nitrogens with zero attached hydrogens (tertiary/aromatic N) is 1. The van der Waals surface area contributed by atoms with Crippen LogP contribution in [0.25, 0.3) is 0 Å². The summed E-state index contributed by atoms with van der Waals surface area (Å²) in [5.74, 6) is -3.42. The number of esters is 1. The summed E-state index contributed by atoms with van der Waals surface area (Å²) in [5.41, 5.74) is -1.22. The van der Waals surface area contributed by atoms with Gasteiger partial charge in [0.05, 0.1) is 36.0 Å². The first-order chi connectivity index (χ1) is 21.3. The van der Waals surface area contributed by atoms with Gasteiger partial charge in [0.2, 0.25) is 5.91 Å². The van der Waals surface area contributed by atoms with E-state index in [0.717, 1.165) is 6.07 Å². The van der Waals surface area contributed by atoms with E-state index in [4.69, 9.17) is 32.7 Å². The van der Waals surface area contributed by atoms with Crippen LogP contribution in [0.4, 0.5) is 14.5 Å². The molecule has 11 heteroatoms. The molecule has 1 saturated heterocycles. The van der Waals surface area contributed by atoms with Crippen molar-refractivity contribution in [2.75, 3.05) is 19.0 Å². The van der Waals surface area contributed by atoms with Crippen LogP contribution in [0.2, 0.25) is 10.0 Å². The Labute approximate surface area is 272 Å². The zero-order valence-electron chi connectivity index (χ0n) is 25.8. The van der Waals surface area contributed by atoms with Crippen molar-refractivity contribution >= 4 is 47.5 Å². The Balaban J connectivity index is 1.88. The maximum absolute atomic E-state index is 15.9. The third-order valence-corrected chi connectivity index (χ3v) is 8.42. The maximum atomic E-state index is 15.9. The number of carbonyl (C=O) groups is 2. The number of carbonyl (C=O) groups excluding carboxylic acids is 2. The van der Waals surface area contributed by atoms with Gasteiger partial charge in [-0.05, 0) is 66.9 Å². The Kier molecular flexibility index (Phi) is 10.6. The van der Waals surface area contributed by atoms with Crippen molar-refractivity contribution in [2.24, 2.45) is 10.4 Å². The Morgan fingerprint density at radius 2 is 1.84 bits per heavy atom. The summed E-state index contributed by atoms with van der Waals surface area (Å²) >= 11 is 12.4. The molecule has 0 saturated carbocycles. The number of rotatable bonds is 10. The van der Waals surface area contributed by atoms with E-state index in [-0.39, 0.29) is 50.2 Å². The second kappa shape index (κ2) is 13.8. The van der Waals surface area contributed by atoms with Crippen LogP contribution in [0.1, 0.15) is 67.9 Å². The van der Waals surface area contributed by atoms with E-state index in [1.54, 1.807) is 6.07 Å². The molecule has 7 nitrogen and oxygen atoms in total. The zero-order valence-corrected chi connectivity index (χ0v) is 27.4. The Hall–Kier alpha value is -3.53. The summed E-state index contributed by atoms with van der Waals surface area (Å²) < 4.78 is 42.5. The molecule has 1 heterocycles. The van der Waals surface area contributed by atoms with E-state index in [1.165, 1.54) is 49.6 Å². The minimum atomic E-state index is -1.56. The largest absolute Gasteiger partial charge is 0.495 e. The highest BCUT2D eigenvalue weighted by molar-refractivity contribution is 6.31. The van der Waals surface area contributed by atoms with Gasteiger partial charge in [-0.15, -0.1) is 0 Å². The van der Waals surface area contributed by atoms with Crippen LogP contribution in [0.3, 0.4) is 0 Å². The lowest BCUT2D eigenvalue weighted by molar-refractivity contribution is -0.118. The lowest BCUT2D eigenvalue weighted by Gasteiger charge is -2.39. The Morgan fingerprint density at radius 1 is 1.11 bits per heavy atom. The summed E-state index contributed by atoms with van der Waals surface area (Å²) in [5, 5.41) is 6.23. The highest BCUT2D eigenvalue weighted by Gasteiger charge is 2.60. The monoisotopic (exact) mass is 659 g/mol. The molecule has 4 unspecified atom stereocenters.